The van der Waals surface area contributed by atoms with Crippen LogP contribution in [0.5, 0.6) is 0 Å². The third-order valence-electron chi connectivity index (χ3n) is 6.42. The summed E-state index contributed by atoms with van der Waals surface area (Å²) >= 11 is 0. The molecule has 1 amide bonds. The van der Waals surface area contributed by atoms with E-state index in [1.54, 1.807) is 12.3 Å². The zero-order valence-electron chi connectivity index (χ0n) is 19.4. The lowest BCUT2D eigenvalue weighted by Crippen LogP contribution is -2.15. The number of rotatable bonds is 7. The number of hydrogen-bond acceptors (Lipinski definition) is 2. The van der Waals surface area contributed by atoms with E-state index in [0.717, 1.165) is 40.7 Å². The van der Waals surface area contributed by atoms with Gasteiger partial charge in [-0.25, -0.2) is 0 Å². The summed E-state index contributed by atoms with van der Waals surface area (Å²) in [5, 5.41) is 9.82. The molecule has 5 heteroatoms. The van der Waals surface area contributed by atoms with Crippen molar-refractivity contribution in [1.29, 1.82) is 0 Å². The molecule has 0 saturated heterocycles. The summed E-state index contributed by atoms with van der Waals surface area (Å²) in [6.07, 6.45) is 7.29. The van der Waals surface area contributed by atoms with Crippen molar-refractivity contribution in [3.05, 3.63) is 90.1 Å². The number of anilines is 1. The van der Waals surface area contributed by atoms with Gasteiger partial charge in [0.2, 0.25) is 5.91 Å². The average Bonchev–Trinajstić information content (AvgIpc) is 3.22. The minimum atomic E-state index is -0.168. The first-order chi connectivity index (χ1) is 15.9. The topological polar surface area (TPSA) is 46.9 Å². The van der Waals surface area contributed by atoms with E-state index in [0.29, 0.717) is 0 Å². The lowest BCUT2D eigenvalue weighted by Gasteiger charge is -2.27. The van der Waals surface area contributed by atoms with Crippen molar-refractivity contribution in [2.45, 2.75) is 31.8 Å². The Hall–Kier alpha value is -3.23. The zero-order valence-corrected chi connectivity index (χ0v) is 20.5. The van der Waals surface area contributed by atoms with Crippen LogP contribution in [0.2, 0.25) is 0 Å². The van der Waals surface area contributed by atoms with Crippen molar-refractivity contribution >= 4 is 37.7 Å². The summed E-state index contributed by atoms with van der Waals surface area (Å²) in [5.41, 5.74) is 5.03. The van der Waals surface area contributed by atoms with Crippen LogP contribution >= 0.6 is 9.24 Å². The highest BCUT2D eigenvalue weighted by Gasteiger charge is 2.22. The first-order valence-corrected chi connectivity index (χ1v) is 11.9. The van der Waals surface area contributed by atoms with E-state index in [2.05, 4.69) is 76.0 Å². The minimum Gasteiger partial charge on any atom is -0.323 e. The number of carbonyl (C=O) groups is 1. The smallest absolute Gasteiger partial charge is 0.248 e. The van der Waals surface area contributed by atoms with Gasteiger partial charge < -0.3 is 5.32 Å². The van der Waals surface area contributed by atoms with Gasteiger partial charge >= 0.3 is 0 Å². The number of aryl methyl sites for hydroxylation is 1. The lowest BCUT2D eigenvalue weighted by atomic mass is 9.92. The summed E-state index contributed by atoms with van der Waals surface area (Å²) in [6.45, 7) is 4.39. The molecule has 33 heavy (non-hydrogen) atoms. The second-order valence-corrected chi connectivity index (χ2v) is 9.47. The predicted octanol–water partition coefficient (Wildman–Crippen LogP) is 6.78. The van der Waals surface area contributed by atoms with Gasteiger partial charge in [0.1, 0.15) is 0 Å². The Morgan fingerprint density at radius 2 is 1.73 bits per heavy atom. The highest BCUT2D eigenvalue weighted by molar-refractivity contribution is 7.18. The molecule has 0 aliphatic heterocycles. The highest BCUT2D eigenvalue weighted by atomic mass is 31.0. The molecule has 0 spiro atoms. The van der Waals surface area contributed by atoms with Gasteiger partial charge in [-0.3, -0.25) is 9.48 Å². The summed E-state index contributed by atoms with van der Waals surface area (Å²) < 4.78 is 1.86. The Kier molecular flexibility index (Phi) is 6.76. The fraction of sp³-hybridized carbons (Fsp3) is 0.214. The van der Waals surface area contributed by atoms with E-state index in [-0.39, 0.29) is 11.1 Å². The number of carbonyl (C=O) groups excluding carboxylic acids is 1. The van der Waals surface area contributed by atoms with Gasteiger partial charge in [-0.2, -0.15) is 5.10 Å². The molecule has 0 aliphatic rings. The van der Waals surface area contributed by atoms with Gasteiger partial charge in [0.05, 0.1) is 11.9 Å². The fourth-order valence-electron chi connectivity index (χ4n) is 4.23. The molecular weight excluding hydrogens is 425 g/mol. The predicted molar refractivity (Wildman–Crippen MR) is 142 cm³/mol. The number of hydrogen-bond donors (Lipinski definition) is 1. The van der Waals surface area contributed by atoms with Crippen molar-refractivity contribution in [2.24, 2.45) is 7.05 Å². The third kappa shape index (κ3) is 4.77. The normalized spacial score (nSPS) is 11.9. The molecule has 1 N–H and O–H groups in total. The number of amides is 1. The maximum absolute atomic E-state index is 12.6. The van der Waals surface area contributed by atoms with Gasteiger partial charge in [-0.1, -0.05) is 68.4 Å². The van der Waals surface area contributed by atoms with Crippen LogP contribution in [-0.2, 0) is 17.0 Å². The molecule has 1 unspecified atom stereocenters. The van der Waals surface area contributed by atoms with Crippen molar-refractivity contribution in [2.75, 3.05) is 5.32 Å². The SMILES string of the molecule is CCC(P)(CC)c1ccc(NC(=O)/C=C/c2cnn(C)c2-c2cccc3ccccc23)cc1. The number of nitrogens with one attached hydrogen (secondary N) is 1. The molecule has 0 fully saturated rings. The standard InChI is InChI=1S/C28H30N3OP/c1-4-28(33,5-2)22-14-16-23(17-15-22)30-26(32)18-13-21-19-29-31(3)27(21)25-12-8-10-20-9-6-7-11-24(20)25/h6-19H,4-5,33H2,1-3H3,(H,30,32)/b18-13+. The fourth-order valence-corrected chi connectivity index (χ4v) is 4.42. The molecule has 1 aromatic heterocycles. The van der Waals surface area contributed by atoms with Crippen LogP contribution in [0.15, 0.2) is 79.0 Å². The van der Waals surface area contributed by atoms with Gasteiger partial charge in [-0.05, 0) is 47.4 Å². The number of benzene rings is 3. The average molecular weight is 456 g/mol. The van der Waals surface area contributed by atoms with Crippen LogP contribution in [0, 0.1) is 0 Å². The lowest BCUT2D eigenvalue weighted by molar-refractivity contribution is -0.111. The van der Waals surface area contributed by atoms with E-state index in [1.807, 2.05) is 42.1 Å². The summed E-state index contributed by atoms with van der Waals surface area (Å²) in [7, 11) is 4.91. The molecule has 3 aromatic carbocycles. The van der Waals surface area contributed by atoms with E-state index < -0.39 is 0 Å². The van der Waals surface area contributed by atoms with Gasteiger partial charge in [0.25, 0.3) is 0 Å². The Morgan fingerprint density at radius 3 is 2.45 bits per heavy atom. The first-order valence-electron chi connectivity index (χ1n) is 11.3. The second-order valence-electron chi connectivity index (χ2n) is 8.36. The number of fused-ring (bicyclic) bond motifs is 1. The Bertz CT molecular complexity index is 1300. The zero-order chi connectivity index (χ0) is 23.4. The summed E-state index contributed by atoms with van der Waals surface area (Å²) in [6, 6.07) is 22.7. The van der Waals surface area contributed by atoms with Crippen LogP contribution < -0.4 is 5.32 Å². The maximum atomic E-state index is 12.6. The largest absolute Gasteiger partial charge is 0.323 e. The van der Waals surface area contributed by atoms with Crippen LogP contribution in [0.25, 0.3) is 28.1 Å². The van der Waals surface area contributed by atoms with E-state index in [4.69, 9.17) is 0 Å². The minimum absolute atomic E-state index is 0.0841. The van der Waals surface area contributed by atoms with E-state index >= 15 is 0 Å². The van der Waals surface area contributed by atoms with Crippen molar-refractivity contribution in [3.8, 4) is 11.3 Å². The molecule has 1 heterocycles. The van der Waals surface area contributed by atoms with Crippen molar-refractivity contribution in [1.82, 2.24) is 9.78 Å². The van der Waals surface area contributed by atoms with Crippen molar-refractivity contribution < 1.29 is 4.79 Å². The Labute approximate surface area is 197 Å². The van der Waals surface area contributed by atoms with Crippen LogP contribution in [-0.4, -0.2) is 15.7 Å². The van der Waals surface area contributed by atoms with Crippen LogP contribution in [0.1, 0.15) is 37.8 Å². The maximum Gasteiger partial charge on any atom is 0.248 e. The molecule has 4 aromatic rings. The first kappa shape index (κ1) is 22.9. The molecular formula is C28H30N3OP. The molecule has 1 atom stereocenters. The molecule has 168 valence electrons. The van der Waals surface area contributed by atoms with Gasteiger partial charge in [0, 0.05) is 35.1 Å². The highest BCUT2D eigenvalue weighted by Crippen LogP contribution is 2.38. The summed E-state index contributed by atoms with van der Waals surface area (Å²) in [4.78, 5) is 12.6. The van der Waals surface area contributed by atoms with E-state index in [9.17, 15) is 4.79 Å². The molecule has 0 saturated carbocycles. The molecule has 4 nitrogen and oxygen atoms in total. The van der Waals surface area contributed by atoms with Gasteiger partial charge in [0.15, 0.2) is 0 Å². The Morgan fingerprint density at radius 1 is 1.03 bits per heavy atom. The van der Waals surface area contributed by atoms with Crippen LogP contribution in [0.3, 0.4) is 0 Å². The number of nitrogens with zero attached hydrogens (tertiary/aromatic N) is 2. The number of aromatic nitrogens is 2. The molecule has 0 aliphatic carbocycles. The monoisotopic (exact) mass is 455 g/mol. The summed E-state index contributed by atoms with van der Waals surface area (Å²) in [5.74, 6) is -0.168. The molecule has 0 bridgehead atoms. The van der Waals surface area contributed by atoms with E-state index in [1.165, 1.54) is 10.9 Å². The Balaban J connectivity index is 1.54. The van der Waals surface area contributed by atoms with Crippen molar-refractivity contribution in [3.63, 3.8) is 0 Å². The third-order valence-corrected chi connectivity index (χ3v) is 7.57. The van der Waals surface area contributed by atoms with Gasteiger partial charge in [-0.15, -0.1) is 9.24 Å². The van der Waals surface area contributed by atoms with Crippen LogP contribution in [0.4, 0.5) is 5.69 Å². The molecule has 4 rings (SSSR count). The molecule has 0 radical (unpaired) electrons. The quantitative estimate of drug-likeness (QED) is 0.247. The second kappa shape index (κ2) is 9.72.